The Morgan fingerprint density at radius 2 is 1.54 bits per heavy atom. The highest BCUT2D eigenvalue weighted by molar-refractivity contribution is 5.95. The quantitative estimate of drug-likeness (QED) is 0.811. The molecule has 2 fully saturated rings. The number of carbonyl (C=O) groups is 2. The first-order valence-electron chi connectivity index (χ1n) is 9.83. The highest BCUT2D eigenvalue weighted by Crippen LogP contribution is 2.46. The Morgan fingerprint density at radius 1 is 0.929 bits per heavy atom. The zero-order valence-corrected chi connectivity index (χ0v) is 16.4. The van der Waals surface area contributed by atoms with E-state index < -0.39 is 0 Å². The molecule has 0 spiro atoms. The molecule has 0 unspecified atom stereocenters. The van der Waals surface area contributed by atoms with Crippen molar-refractivity contribution in [1.82, 2.24) is 9.80 Å². The summed E-state index contributed by atoms with van der Waals surface area (Å²) in [6.45, 7) is 6.23. The summed E-state index contributed by atoms with van der Waals surface area (Å²) in [5, 5.41) is 0. The number of benzene rings is 2. The van der Waals surface area contributed by atoms with Gasteiger partial charge in [-0.3, -0.25) is 9.59 Å². The van der Waals surface area contributed by atoms with E-state index in [0.29, 0.717) is 37.3 Å². The number of hydrogen-bond acceptors (Lipinski definition) is 2. The lowest BCUT2D eigenvalue weighted by atomic mass is 10.0. The minimum Gasteiger partial charge on any atom is -0.339 e. The zero-order chi connectivity index (χ0) is 19.9. The van der Waals surface area contributed by atoms with Crippen molar-refractivity contribution in [2.75, 3.05) is 26.2 Å². The second-order valence-electron chi connectivity index (χ2n) is 8.21. The molecule has 146 valence electrons. The number of piperazine rings is 1. The normalized spacial score (nSPS) is 18.1. The predicted molar refractivity (Wildman–Crippen MR) is 106 cm³/mol. The largest absolute Gasteiger partial charge is 0.339 e. The molecule has 2 aliphatic rings. The fraction of sp³-hybridized carbons (Fsp3) is 0.391. The van der Waals surface area contributed by atoms with E-state index >= 15 is 0 Å². The summed E-state index contributed by atoms with van der Waals surface area (Å²) in [6.07, 6.45) is 1.94. The SMILES string of the molecule is Cc1ccc(F)c(-c2ccc(C(=O)N3CCN(C(=O)C4(C)CC4)CC3)cc2)c1. The van der Waals surface area contributed by atoms with E-state index in [1.807, 2.05) is 24.8 Å². The van der Waals surface area contributed by atoms with E-state index in [1.165, 1.54) is 6.07 Å². The molecule has 0 bridgehead atoms. The topological polar surface area (TPSA) is 40.6 Å². The maximum atomic E-state index is 14.1. The van der Waals surface area contributed by atoms with Gasteiger partial charge in [-0.25, -0.2) is 4.39 Å². The van der Waals surface area contributed by atoms with Crippen LogP contribution in [-0.4, -0.2) is 47.8 Å². The third-order valence-electron chi connectivity index (χ3n) is 5.94. The van der Waals surface area contributed by atoms with Gasteiger partial charge in [0, 0.05) is 42.7 Å². The first-order chi connectivity index (χ1) is 13.4. The van der Waals surface area contributed by atoms with E-state index in [2.05, 4.69) is 0 Å². The molecule has 1 heterocycles. The molecule has 1 aliphatic carbocycles. The molecule has 1 aliphatic heterocycles. The van der Waals surface area contributed by atoms with Gasteiger partial charge in [-0.1, -0.05) is 30.7 Å². The van der Waals surface area contributed by atoms with E-state index in [-0.39, 0.29) is 23.0 Å². The molecule has 4 nitrogen and oxygen atoms in total. The van der Waals surface area contributed by atoms with Crippen LogP contribution in [0.2, 0.25) is 0 Å². The molecule has 0 radical (unpaired) electrons. The number of hydrogen-bond donors (Lipinski definition) is 0. The molecule has 5 heteroatoms. The van der Waals surface area contributed by atoms with Crippen LogP contribution in [0.5, 0.6) is 0 Å². The minimum absolute atomic E-state index is 0.0407. The Bertz CT molecular complexity index is 911. The molecule has 2 amide bonds. The molecule has 1 saturated carbocycles. The Hall–Kier alpha value is -2.69. The first-order valence-corrected chi connectivity index (χ1v) is 9.83. The van der Waals surface area contributed by atoms with Crippen molar-refractivity contribution >= 4 is 11.8 Å². The van der Waals surface area contributed by atoms with Gasteiger partial charge in [0.15, 0.2) is 0 Å². The molecule has 0 aromatic heterocycles. The van der Waals surface area contributed by atoms with Crippen molar-refractivity contribution in [3.8, 4) is 11.1 Å². The number of amides is 2. The molecular formula is C23H25FN2O2. The van der Waals surface area contributed by atoms with E-state index in [1.54, 1.807) is 35.2 Å². The number of rotatable bonds is 3. The Balaban J connectivity index is 1.42. The van der Waals surface area contributed by atoms with Crippen LogP contribution < -0.4 is 0 Å². The summed E-state index contributed by atoms with van der Waals surface area (Å²) >= 11 is 0. The van der Waals surface area contributed by atoms with Gasteiger partial charge in [-0.05, 0) is 49.6 Å². The summed E-state index contributed by atoms with van der Waals surface area (Å²) in [5.74, 6) is -0.0834. The van der Waals surface area contributed by atoms with Gasteiger partial charge in [-0.2, -0.15) is 0 Å². The number of aryl methyl sites for hydroxylation is 1. The maximum absolute atomic E-state index is 14.1. The van der Waals surface area contributed by atoms with Gasteiger partial charge in [0.25, 0.3) is 5.91 Å². The van der Waals surface area contributed by atoms with E-state index in [0.717, 1.165) is 24.0 Å². The molecule has 0 atom stereocenters. The van der Waals surface area contributed by atoms with Crippen molar-refractivity contribution in [3.63, 3.8) is 0 Å². The molecular weight excluding hydrogens is 355 g/mol. The Kier molecular flexibility index (Phi) is 4.69. The average Bonchev–Trinajstić information content (AvgIpc) is 3.47. The van der Waals surface area contributed by atoms with E-state index in [4.69, 9.17) is 0 Å². The predicted octanol–water partition coefficient (Wildman–Crippen LogP) is 3.89. The van der Waals surface area contributed by atoms with E-state index in [9.17, 15) is 14.0 Å². The second kappa shape index (κ2) is 7.04. The van der Waals surface area contributed by atoms with Crippen molar-refractivity contribution in [2.45, 2.75) is 26.7 Å². The molecule has 1 saturated heterocycles. The molecule has 28 heavy (non-hydrogen) atoms. The third kappa shape index (κ3) is 3.53. The van der Waals surface area contributed by atoms with Crippen LogP contribution in [0.25, 0.3) is 11.1 Å². The lowest BCUT2D eigenvalue weighted by Crippen LogP contribution is -2.52. The monoisotopic (exact) mass is 380 g/mol. The molecule has 4 rings (SSSR count). The summed E-state index contributed by atoms with van der Waals surface area (Å²) in [7, 11) is 0. The van der Waals surface area contributed by atoms with Crippen LogP contribution >= 0.6 is 0 Å². The van der Waals surface area contributed by atoms with Gasteiger partial charge in [0.05, 0.1) is 0 Å². The van der Waals surface area contributed by atoms with Crippen LogP contribution in [0.4, 0.5) is 4.39 Å². The zero-order valence-electron chi connectivity index (χ0n) is 16.4. The van der Waals surface area contributed by atoms with Gasteiger partial charge in [-0.15, -0.1) is 0 Å². The molecule has 0 N–H and O–H groups in total. The molecule has 2 aromatic carbocycles. The fourth-order valence-corrected chi connectivity index (χ4v) is 3.73. The van der Waals surface area contributed by atoms with Crippen molar-refractivity contribution < 1.29 is 14.0 Å². The van der Waals surface area contributed by atoms with Gasteiger partial charge < -0.3 is 9.80 Å². The van der Waals surface area contributed by atoms with Crippen molar-refractivity contribution in [2.24, 2.45) is 5.41 Å². The van der Waals surface area contributed by atoms with Gasteiger partial charge >= 0.3 is 0 Å². The van der Waals surface area contributed by atoms with Crippen LogP contribution in [0, 0.1) is 18.2 Å². The summed E-state index contributed by atoms with van der Waals surface area (Å²) in [4.78, 5) is 28.9. The Morgan fingerprint density at radius 3 is 2.14 bits per heavy atom. The number of halogens is 1. The number of nitrogens with zero attached hydrogens (tertiary/aromatic N) is 2. The minimum atomic E-state index is -0.269. The Labute approximate surface area is 164 Å². The van der Waals surface area contributed by atoms with Crippen LogP contribution in [0.15, 0.2) is 42.5 Å². The standard InChI is InChI=1S/C23H25FN2O2/c1-16-3-8-20(24)19(15-16)17-4-6-18(7-5-17)21(27)25-11-13-26(14-12-25)22(28)23(2)9-10-23/h3-8,15H,9-14H2,1-2H3. The smallest absolute Gasteiger partial charge is 0.253 e. The maximum Gasteiger partial charge on any atom is 0.253 e. The summed E-state index contributed by atoms with van der Waals surface area (Å²) < 4.78 is 14.1. The van der Waals surface area contributed by atoms with Gasteiger partial charge in [0.2, 0.25) is 5.91 Å². The highest BCUT2D eigenvalue weighted by Gasteiger charge is 2.47. The van der Waals surface area contributed by atoms with Crippen molar-refractivity contribution in [1.29, 1.82) is 0 Å². The average molecular weight is 380 g/mol. The first kappa shape index (κ1) is 18.7. The summed E-state index contributed by atoms with van der Waals surface area (Å²) in [5.41, 5.74) is 2.72. The fourth-order valence-electron chi connectivity index (χ4n) is 3.73. The lowest BCUT2D eigenvalue weighted by molar-refractivity contribution is -0.137. The second-order valence-corrected chi connectivity index (χ2v) is 8.21. The highest BCUT2D eigenvalue weighted by atomic mass is 19.1. The number of carbonyl (C=O) groups excluding carboxylic acids is 2. The summed E-state index contributed by atoms with van der Waals surface area (Å²) in [6, 6.07) is 12.1. The van der Waals surface area contributed by atoms with Crippen LogP contribution in [0.1, 0.15) is 35.7 Å². The lowest BCUT2D eigenvalue weighted by Gasteiger charge is -2.36. The van der Waals surface area contributed by atoms with Crippen LogP contribution in [-0.2, 0) is 4.79 Å². The van der Waals surface area contributed by atoms with Crippen LogP contribution in [0.3, 0.4) is 0 Å². The van der Waals surface area contributed by atoms with Gasteiger partial charge in [0.1, 0.15) is 5.82 Å². The molecule has 2 aromatic rings. The third-order valence-corrected chi connectivity index (χ3v) is 5.94. The van der Waals surface area contributed by atoms with Crippen molar-refractivity contribution in [3.05, 3.63) is 59.4 Å².